The van der Waals surface area contributed by atoms with Gasteiger partial charge in [0.25, 0.3) is 11.8 Å². The average molecular weight is 424 g/mol. The van der Waals surface area contributed by atoms with E-state index in [1.165, 1.54) is 6.07 Å². The summed E-state index contributed by atoms with van der Waals surface area (Å²) in [7, 11) is 0. The van der Waals surface area contributed by atoms with Crippen LogP contribution in [0.4, 0.5) is 0 Å². The van der Waals surface area contributed by atoms with Crippen LogP contribution in [0.2, 0.25) is 5.02 Å². The fraction of sp³-hybridized carbons (Fsp3) is 0.182. The Bertz CT molecular complexity index is 1250. The van der Waals surface area contributed by atoms with Gasteiger partial charge < -0.3 is 14.8 Å². The van der Waals surface area contributed by atoms with Crippen LogP contribution >= 0.6 is 11.6 Å². The molecule has 0 aliphatic heterocycles. The maximum atomic E-state index is 11.3. The Kier molecular flexibility index (Phi) is 5.13. The summed E-state index contributed by atoms with van der Waals surface area (Å²) in [6, 6.07) is 8.75. The Balaban J connectivity index is 1.67. The van der Waals surface area contributed by atoms with Crippen LogP contribution in [0.25, 0.3) is 22.2 Å². The number of nitrogens with zero attached hydrogens (tertiary/aromatic N) is 2. The van der Waals surface area contributed by atoms with Crippen molar-refractivity contribution in [2.45, 2.75) is 26.7 Å². The summed E-state index contributed by atoms with van der Waals surface area (Å²) < 4.78 is 5.75. The molecule has 8 heteroatoms. The van der Waals surface area contributed by atoms with Crippen LogP contribution in [-0.4, -0.2) is 26.0 Å². The smallest absolute Gasteiger partial charge is 0.336 e. The van der Waals surface area contributed by atoms with E-state index in [4.69, 9.17) is 16.3 Å². The number of aromatic carboxylic acids is 1. The molecule has 0 amide bonds. The predicted octanol–water partition coefficient (Wildman–Crippen LogP) is 5.01. The van der Waals surface area contributed by atoms with Crippen molar-refractivity contribution in [2.24, 2.45) is 0 Å². The summed E-state index contributed by atoms with van der Waals surface area (Å²) in [4.78, 5) is 26.5. The average Bonchev–Trinajstić information content (AvgIpc) is 3.09. The van der Waals surface area contributed by atoms with Crippen molar-refractivity contribution in [2.75, 3.05) is 0 Å². The summed E-state index contributed by atoms with van der Waals surface area (Å²) in [6.45, 7) is 5.87. The maximum Gasteiger partial charge on any atom is 0.336 e. The highest BCUT2D eigenvalue weighted by Gasteiger charge is 2.16. The number of H-pyrrole nitrogens is 2. The van der Waals surface area contributed by atoms with E-state index in [-0.39, 0.29) is 11.6 Å². The van der Waals surface area contributed by atoms with Crippen molar-refractivity contribution in [3.63, 3.8) is 0 Å². The van der Waals surface area contributed by atoms with Crippen molar-refractivity contribution in [1.82, 2.24) is 15.0 Å². The zero-order valence-corrected chi connectivity index (χ0v) is 17.4. The summed E-state index contributed by atoms with van der Waals surface area (Å²) in [5, 5.41) is 9.84. The van der Waals surface area contributed by atoms with E-state index in [9.17, 15) is 9.90 Å². The molecule has 4 rings (SSSR count). The van der Waals surface area contributed by atoms with Crippen LogP contribution in [0.1, 0.15) is 41.5 Å². The second-order valence-electron chi connectivity index (χ2n) is 7.32. The number of benzene rings is 2. The minimum Gasteiger partial charge on any atom is -0.478 e. The molecule has 0 saturated carbocycles. The highest BCUT2D eigenvalue weighted by atomic mass is 35.5. The number of carboxylic acid groups (broad SMARTS) is 1. The first kappa shape index (κ1) is 19.8. The van der Waals surface area contributed by atoms with Crippen molar-refractivity contribution >= 4 is 28.6 Å². The van der Waals surface area contributed by atoms with Crippen molar-refractivity contribution in [1.29, 1.82) is 0 Å². The van der Waals surface area contributed by atoms with E-state index in [2.05, 4.69) is 33.8 Å². The predicted molar refractivity (Wildman–Crippen MR) is 113 cm³/mol. The first-order valence-electron chi connectivity index (χ1n) is 9.41. The number of imidazole rings is 1. The Morgan fingerprint density at radius 1 is 1.27 bits per heavy atom. The van der Waals surface area contributed by atoms with Gasteiger partial charge >= 0.3 is 5.97 Å². The van der Waals surface area contributed by atoms with Gasteiger partial charge in [0.05, 0.1) is 39.3 Å². The van der Waals surface area contributed by atoms with Gasteiger partial charge in [-0.15, -0.1) is 0 Å². The lowest BCUT2D eigenvalue weighted by atomic mass is 10.1. The third kappa shape index (κ3) is 3.84. The van der Waals surface area contributed by atoms with Gasteiger partial charge in [0, 0.05) is 5.56 Å². The summed E-state index contributed by atoms with van der Waals surface area (Å²) in [5.74, 6) is 0.566. The van der Waals surface area contributed by atoms with Crippen LogP contribution < -0.4 is 9.72 Å². The number of aryl methyl sites for hydroxylation is 1. The minimum atomic E-state index is -1.01. The molecular formula is C22H20ClN4O3+. The molecule has 2 aromatic heterocycles. The second kappa shape index (κ2) is 7.76. The lowest BCUT2D eigenvalue weighted by molar-refractivity contribution is -0.396. The maximum absolute atomic E-state index is 11.3. The molecule has 0 aliphatic carbocycles. The lowest BCUT2D eigenvalue weighted by Gasteiger charge is -2.05. The van der Waals surface area contributed by atoms with Gasteiger partial charge in [-0.3, -0.25) is 0 Å². The molecule has 0 aliphatic rings. The fourth-order valence-electron chi connectivity index (χ4n) is 3.11. The van der Waals surface area contributed by atoms with E-state index >= 15 is 0 Å². The molecule has 2 heterocycles. The van der Waals surface area contributed by atoms with Gasteiger partial charge in [0.1, 0.15) is 5.75 Å². The van der Waals surface area contributed by atoms with E-state index in [1.54, 1.807) is 31.3 Å². The summed E-state index contributed by atoms with van der Waals surface area (Å²) in [5.41, 5.74) is 3.86. The molecule has 0 atom stereocenters. The number of hydrogen-bond donors (Lipinski definition) is 2. The van der Waals surface area contributed by atoms with Crippen LogP contribution in [0, 0.1) is 6.92 Å². The van der Waals surface area contributed by atoms with E-state index < -0.39 is 5.97 Å². The number of nitrogens with one attached hydrogen (secondary N) is 2. The monoisotopic (exact) mass is 423 g/mol. The molecule has 30 heavy (non-hydrogen) atoms. The van der Waals surface area contributed by atoms with E-state index in [0.717, 1.165) is 17.0 Å². The molecular weight excluding hydrogens is 404 g/mol. The van der Waals surface area contributed by atoms with E-state index in [1.807, 2.05) is 12.3 Å². The highest BCUT2D eigenvalue weighted by molar-refractivity contribution is 6.34. The number of hydrogen-bond acceptors (Lipinski definition) is 4. The molecule has 2 aromatic carbocycles. The number of aromatic amines is 2. The first-order valence-corrected chi connectivity index (χ1v) is 9.78. The zero-order chi connectivity index (χ0) is 21.4. The summed E-state index contributed by atoms with van der Waals surface area (Å²) >= 11 is 6.49. The number of aromatic nitrogens is 4. The third-order valence-corrected chi connectivity index (χ3v) is 5.09. The van der Waals surface area contributed by atoms with Crippen LogP contribution in [0.3, 0.4) is 0 Å². The lowest BCUT2D eigenvalue weighted by Crippen LogP contribution is -2.14. The van der Waals surface area contributed by atoms with Gasteiger partial charge in [-0.2, -0.15) is 4.98 Å². The zero-order valence-electron chi connectivity index (χ0n) is 16.7. The second-order valence-corrected chi connectivity index (χ2v) is 7.72. The van der Waals surface area contributed by atoms with E-state index in [0.29, 0.717) is 33.3 Å². The van der Waals surface area contributed by atoms with Crippen molar-refractivity contribution in [3.05, 3.63) is 64.7 Å². The Labute approximate surface area is 177 Å². The number of halogens is 1. The fourth-order valence-corrected chi connectivity index (χ4v) is 3.38. The standard InChI is InChI=1S/C22H19ClN4O3/c1-11(2)20-24-9-13(10-25-20)16-7-18-19(8-17(16)23)27-22(26-18)30-14-5-4-12(3)15(6-14)21(28)29/h4-11H,1-3H3,(H,26,27)(H,28,29)/p+1. The molecule has 0 saturated heterocycles. The Morgan fingerprint density at radius 2 is 2.07 bits per heavy atom. The third-order valence-electron chi connectivity index (χ3n) is 4.78. The molecule has 0 spiro atoms. The highest BCUT2D eigenvalue weighted by Crippen LogP contribution is 2.32. The molecule has 152 valence electrons. The quantitative estimate of drug-likeness (QED) is 0.469. The first-order chi connectivity index (χ1) is 14.3. The minimum absolute atomic E-state index is 0.183. The Morgan fingerprint density at radius 3 is 2.73 bits per heavy atom. The Hall–Kier alpha value is -3.45. The number of ether oxygens (including phenoxy) is 1. The number of carboxylic acids is 1. The topological polar surface area (TPSA) is 102 Å². The van der Waals surface area contributed by atoms with Gasteiger partial charge in [-0.1, -0.05) is 36.5 Å². The number of rotatable bonds is 5. The van der Waals surface area contributed by atoms with Crippen LogP contribution in [0.5, 0.6) is 11.8 Å². The normalized spacial score (nSPS) is 11.2. The van der Waals surface area contributed by atoms with Gasteiger partial charge in [-0.25, -0.2) is 9.78 Å². The molecule has 0 fully saturated rings. The number of carbonyl (C=O) groups is 1. The molecule has 0 bridgehead atoms. The van der Waals surface area contributed by atoms with Gasteiger partial charge in [0.2, 0.25) is 0 Å². The van der Waals surface area contributed by atoms with Crippen molar-refractivity contribution in [3.8, 4) is 22.9 Å². The number of fused-ring (bicyclic) bond motifs is 1. The summed E-state index contributed by atoms with van der Waals surface area (Å²) in [6.07, 6.45) is 3.65. The molecule has 4 aromatic rings. The van der Waals surface area contributed by atoms with Crippen LogP contribution in [0.15, 0.2) is 42.7 Å². The van der Waals surface area contributed by atoms with Gasteiger partial charge in [-0.05, 0) is 36.8 Å². The largest absolute Gasteiger partial charge is 0.478 e. The van der Waals surface area contributed by atoms with Gasteiger partial charge in [0.15, 0.2) is 6.20 Å². The molecule has 3 N–H and O–H groups in total. The van der Waals surface area contributed by atoms with Crippen molar-refractivity contribution < 1.29 is 19.6 Å². The van der Waals surface area contributed by atoms with Crippen LogP contribution in [-0.2, 0) is 0 Å². The SMILES string of the molecule is Cc1ccc(Oc2nc3cc(-c4cnc(C(C)C)[nH+]c4)c(Cl)cc3[nH]2)cc1C(=O)O. The molecule has 0 radical (unpaired) electrons. The molecule has 0 unspecified atom stereocenters. The molecule has 7 nitrogen and oxygen atoms in total.